The van der Waals surface area contributed by atoms with Gasteiger partial charge in [-0.1, -0.05) is 70.0 Å². The van der Waals surface area contributed by atoms with Crippen LogP contribution in [0.2, 0.25) is 0 Å². The van der Waals surface area contributed by atoms with Crippen LogP contribution in [0.3, 0.4) is 0 Å². The Morgan fingerprint density at radius 1 is 0.875 bits per heavy atom. The van der Waals surface area contributed by atoms with E-state index in [0.29, 0.717) is 52.5 Å². The van der Waals surface area contributed by atoms with Crippen LogP contribution in [0.15, 0.2) is 105 Å². The summed E-state index contributed by atoms with van der Waals surface area (Å²) in [6.45, 7) is 4.63. The number of amides is 1. The van der Waals surface area contributed by atoms with E-state index in [0.717, 1.165) is 15.6 Å². The molecule has 0 N–H and O–H groups in total. The molecule has 1 aliphatic heterocycles. The van der Waals surface area contributed by atoms with Crippen LogP contribution in [-0.4, -0.2) is 12.5 Å². The number of nitrogens with zero attached hydrogens (tertiary/aromatic N) is 1. The number of ether oxygens (including phenoxy) is 2. The highest BCUT2D eigenvalue weighted by molar-refractivity contribution is 9.10. The van der Waals surface area contributed by atoms with Crippen molar-refractivity contribution in [3.8, 4) is 11.5 Å². The lowest BCUT2D eigenvalue weighted by Crippen LogP contribution is -2.29. The van der Waals surface area contributed by atoms with Crippen LogP contribution in [0, 0.1) is 6.92 Å². The van der Waals surface area contributed by atoms with Crippen molar-refractivity contribution in [2.45, 2.75) is 26.5 Å². The summed E-state index contributed by atoms with van der Waals surface area (Å²) in [7, 11) is 0. The predicted octanol–water partition coefficient (Wildman–Crippen LogP) is 7.59. The van der Waals surface area contributed by atoms with Crippen LogP contribution in [-0.2, 0) is 6.61 Å². The van der Waals surface area contributed by atoms with E-state index < -0.39 is 6.04 Å². The number of rotatable bonds is 7. The van der Waals surface area contributed by atoms with Crippen LogP contribution in [0.5, 0.6) is 11.5 Å². The van der Waals surface area contributed by atoms with E-state index in [1.165, 1.54) is 0 Å². The van der Waals surface area contributed by atoms with Crippen molar-refractivity contribution in [1.29, 1.82) is 0 Å². The summed E-state index contributed by atoms with van der Waals surface area (Å²) < 4.78 is 19.0. The molecule has 0 aliphatic carbocycles. The summed E-state index contributed by atoms with van der Waals surface area (Å²) >= 11 is 3.52. The van der Waals surface area contributed by atoms with Gasteiger partial charge in [0.25, 0.3) is 5.91 Å². The summed E-state index contributed by atoms with van der Waals surface area (Å²) in [5.41, 5.74) is 3.78. The quantitative estimate of drug-likeness (QED) is 0.194. The fourth-order valence-electron chi connectivity index (χ4n) is 5.11. The molecule has 1 unspecified atom stereocenters. The standard InChI is InChI=1S/C33H26BrNO5/c1-3-38-28-17-22(13-15-27(28)39-19-21-8-5-4-6-9-21)30-29-31(36)25-16-20(2)12-14-26(25)40-32(29)33(37)35(30)24-11-7-10-23(34)18-24/h4-18,30H,3,19H2,1-2H3. The number of carbonyl (C=O) groups excluding carboxylic acids is 1. The minimum Gasteiger partial charge on any atom is -0.490 e. The van der Waals surface area contributed by atoms with E-state index in [1.54, 1.807) is 17.0 Å². The van der Waals surface area contributed by atoms with Crippen molar-refractivity contribution in [3.63, 3.8) is 0 Å². The SMILES string of the molecule is CCOc1cc(C2c3c(oc4ccc(C)cc4c3=O)C(=O)N2c2cccc(Br)c2)ccc1OCc1ccccc1. The van der Waals surface area contributed by atoms with E-state index in [4.69, 9.17) is 13.9 Å². The normalized spacial score (nSPS) is 14.4. The van der Waals surface area contributed by atoms with Gasteiger partial charge in [-0.2, -0.15) is 0 Å². The monoisotopic (exact) mass is 595 g/mol. The van der Waals surface area contributed by atoms with Gasteiger partial charge in [0.1, 0.15) is 12.2 Å². The minimum atomic E-state index is -0.722. The van der Waals surface area contributed by atoms with Gasteiger partial charge in [0, 0.05) is 10.2 Å². The highest BCUT2D eigenvalue weighted by Crippen LogP contribution is 2.44. The first-order valence-electron chi connectivity index (χ1n) is 13.0. The van der Waals surface area contributed by atoms with Gasteiger partial charge in [-0.15, -0.1) is 0 Å². The second-order valence-electron chi connectivity index (χ2n) is 9.64. The lowest BCUT2D eigenvalue weighted by atomic mass is 9.97. The zero-order valence-corrected chi connectivity index (χ0v) is 23.6. The van der Waals surface area contributed by atoms with Gasteiger partial charge in [-0.3, -0.25) is 14.5 Å². The van der Waals surface area contributed by atoms with Gasteiger partial charge in [0.2, 0.25) is 5.76 Å². The Morgan fingerprint density at radius 2 is 1.70 bits per heavy atom. The van der Waals surface area contributed by atoms with Crippen LogP contribution < -0.4 is 19.8 Å². The summed E-state index contributed by atoms with van der Waals surface area (Å²) in [4.78, 5) is 29.5. The molecule has 4 aromatic carbocycles. The van der Waals surface area contributed by atoms with E-state index in [9.17, 15) is 9.59 Å². The van der Waals surface area contributed by atoms with Crippen molar-refractivity contribution >= 4 is 38.5 Å². The predicted molar refractivity (Wildman–Crippen MR) is 158 cm³/mol. The Labute approximate surface area is 239 Å². The maximum absolute atomic E-state index is 14.0. The second kappa shape index (κ2) is 10.7. The molecule has 2 heterocycles. The van der Waals surface area contributed by atoms with Crippen molar-refractivity contribution < 1.29 is 18.7 Å². The first kappa shape index (κ1) is 25.9. The topological polar surface area (TPSA) is 69.0 Å². The smallest absolute Gasteiger partial charge is 0.295 e. The Balaban J connectivity index is 1.51. The molecule has 1 aliphatic rings. The number of hydrogen-bond acceptors (Lipinski definition) is 5. The summed E-state index contributed by atoms with van der Waals surface area (Å²) in [6.07, 6.45) is 0. The first-order chi connectivity index (χ1) is 19.4. The zero-order chi connectivity index (χ0) is 27.8. The lowest BCUT2D eigenvalue weighted by molar-refractivity contribution is 0.0971. The molecular formula is C33H26BrNO5. The van der Waals surface area contributed by atoms with E-state index in [1.807, 2.05) is 92.7 Å². The third kappa shape index (κ3) is 4.67. The maximum atomic E-state index is 14.0. The van der Waals surface area contributed by atoms with Gasteiger partial charge in [-0.05, 0) is 67.4 Å². The number of fused-ring (bicyclic) bond motifs is 2. The van der Waals surface area contributed by atoms with Gasteiger partial charge >= 0.3 is 0 Å². The van der Waals surface area contributed by atoms with Gasteiger partial charge in [0.15, 0.2) is 16.9 Å². The van der Waals surface area contributed by atoms with Crippen LogP contribution in [0.1, 0.15) is 45.8 Å². The Kier molecular flexibility index (Phi) is 6.90. The Hall–Kier alpha value is -4.36. The second-order valence-corrected chi connectivity index (χ2v) is 10.6. The van der Waals surface area contributed by atoms with Crippen LogP contribution >= 0.6 is 15.9 Å². The maximum Gasteiger partial charge on any atom is 0.295 e. The molecular weight excluding hydrogens is 570 g/mol. The molecule has 0 spiro atoms. The highest BCUT2D eigenvalue weighted by atomic mass is 79.9. The van der Waals surface area contributed by atoms with Gasteiger partial charge < -0.3 is 13.9 Å². The molecule has 0 bridgehead atoms. The van der Waals surface area contributed by atoms with E-state index in [2.05, 4.69) is 15.9 Å². The molecule has 5 aromatic rings. The van der Waals surface area contributed by atoms with E-state index in [-0.39, 0.29) is 17.1 Å². The molecule has 6 rings (SSSR count). The minimum absolute atomic E-state index is 0.0497. The van der Waals surface area contributed by atoms with Crippen LogP contribution in [0.4, 0.5) is 5.69 Å². The molecule has 0 saturated carbocycles. The molecule has 0 fully saturated rings. The average molecular weight is 596 g/mol. The Morgan fingerprint density at radius 3 is 2.48 bits per heavy atom. The number of anilines is 1. The van der Waals surface area contributed by atoms with Gasteiger partial charge in [0.05, 0.1) is 23.6 Å². The molecule has 0 saturated heterocycles. The molecule has 200 valence electrons. The molecule has 1 amide bonds. The summed E-state index contributed by atoms with van der Waals surface area (Å²) in [6, 6.07) is 27.6. The lowest BCUT2D eigenvalue weighted by Gasteiger charge is -2.26. The summed E-state index contributed by atoms with van der Waals surface area (Å²) in [5, 5.41) is 0.445. The molecule has 40 heavy (non-hydrogen) atoms. The van der Waals surface area contributed by atoms with Crippen molar-refractivity contribution in [2.75, 3.05) is 11.5 Å². The zero-order valence-electron chi connectivity index (χ0n) is 22.0. The number of hydrogen-bond donors (Lipinski definition) is 0. The third-order valence-corrected chi connectivity index (χ3v) is 7.43. The van der Waals surface area contributed by atoms with Gasteiger partial charge in [-0.25, -0.2) is 0 Å². The average Bonchev–Trinajstić information content (AvgIpc) is 3.25. The Bertz CT molecular complexity index is 1800. The molecule has 1 atom stereocenters. The van der Waals surface area contributed by atoms with Crippen molar-refractivity contribution in [3.05, 3.63) is 134 Å². The summed E-state index contributed by atoms with van der Waals surface area (Å²) in [5.74, 6) is 0.787. The van der Waals surface area contributed by atoms with Crippen molar-refractivity contribution in [1.82, 2.24) is 0 Å². The fourth-order valence-corrected chi connectivity index (χ4v) is 5.50. The molecule has 0 radical (unpaired) electrons. The van der Waals surface area contributed by atoms with Crippen LogP contribution in [0.25, 0.3) is 11.0 Å². The third-order valence-electron chi connectivity index (χ3n) is 6.93. The first-order valence-corrected chi connectivity index (χ1v) is 13.8. The number of halogens is 1. The number of carbonyl (C=O) groups is 1. The van der Waals surface area contributed by atoms with E-state index >= 15 is 0 Å². The highest BCUT2D eigenvalue weighted by Gasteiger charge is 2.44. The molecule has 6 nitrogen and oxygen atoms in total. The number of aryl methyl sites for hydroxylation is 1. The molecule has 1 aromatic heterocycles. The number of benzene rings is 4. The largest absolute Gasteiger partial charge is 0.490 e. The molecule has 7 heteroatoms. The van der Waals surface area contributed by atoms with Crippen molar-refractivity contribution in [2.24, 2.45) is 0 Å². The fraction of sp³-hybridized carbons (Fsp3) is 0.152.